The van der Waals surface area contributed by atoms with Gasteiger partial charge in [-0.05, 0) is 45.0 Å². The van der Waals surface area contributed by atoms with Crippen LogP contribution in [0.5, 0.6) is 5.75 Å². The van der Waals surface area contributed by atoms with Gasteiger partial charge in [-0.1, -0.05) is 16.9 Å². The Morgan fingerprint density at radius 3 is 2.64 bits per heavy atom. The molecule has 1 amide bonds. The molecule has 0 spiro atoms. The zero-order valence-corrected chi connectivity index (χ0v) is 16.7. The Morgan fingerprint density at radius 2 is 2.00 bits per heavy atom. The predicted octanol–water partition coefficient (Wildman–Crippen LogP) is 3.51. The number of aryl methyl sites for hydroxylation is 1. The van der Waals surface area contributed by atoms with Gasteiger partial charge in [-0.25, -0.2) is 4.39 Å². The average Bonchev–Trinajstić information content (AvgIpc) is 3.22. The Morgan fingerprint density at radius 1 is 1.29 bits per heavy atom. The molecule has 0 aliphatic heterocycles. The van der Waals surface area contributed by atoms with Crippen LogP contribution < -0.4 is 10.1 Å². The fraction of sp³-hybridized carbons (Fsp3) is 0.333. The van der Waals surface area contributed by atoms with E-state index in [2.05, 4.69) is 20.7 Å². The minimum atomic E-state index is -0.430. The van der Waals surface area contributed by atoms with Crippen LogP contribution in [0.3, 0.4) is 0 Å². The van der Waals surface area contributed by atoms with Crippen LogP contribution in [0.4, 0.5) is 10.2 Å². The van der Waals surface area contributed by atoms with Crippen LogP contribution in [-0.4, -0.2) is 31.1 Å². The number of hydrogen-bond donors (Lipinski definition) is 1. The lowest BCUT2D eigenvalue weighted by Gasteiger charge is -2.15. The number of nitrogens with zero attached hydrogens (tertiary/aromatic N) is 4. The first-order valence-corrected chi connectivity index (χ1v) is 9.44. The SMILES string of the molecule is Cc1cc(NC(=O)C(C)Sc2nnc(C(C)Oc3ccc(F)cc3)n2C)no1. The van der Waals surface area contributed by atoms with Gasteiger partial charge in [0.2, 0.25) is 5.91 Å². The number of rotatable bonds is 7. The van der Waals surface area contributed by atoms with E-state index < -0.39 is 11.4 Å². The molecular formula is C18H20FN5O3S. The molecule has 2 atom stereocenters. The van der Waals surface area contributed by atoms with Crippen molar-refractivity contribution < 1.29 is 18.4 Å². The molecule has 0 saturated carbocycles. The van der Waals surface area contributed by atoms with E-state index in [9.17, 15) is 9.18 Å². The van der Waals surface area contributed by atoms with E-state index in [0.717, 1.165) is 0 Å². The zero-order chi connectivity index (χ0) is 20.3. The van der Waals surface area contributed by atoms with Crippen molar-refractivity contribution in [3.05, 3.63) is 47.7 Å². The van der Waals surface area contributed by atoms with E-state index in [-0.39, 0.29) is 11.7 Å². The third kappa shape index (κ3) is 4.69. The van der Waals surface area contributed by atoms with Crippen LogP contribution in [0.2, 0.25) is 0 Å². The van der Waals surface area contributed by atoms with Gasteiger partial charge in [-0.2, -0.15) is 0 Å². The second-order valence-corrected chi connectivity index (χ2v) is 7.49. The van der Waals surface area contributed by atoms with Gasteiger partial charge in [-0.3, -0.25) is 4.79 Å². The number of aromatic nitrogens is 4. The number of hydrogen-bond acceptors (Lipinski definition) is 7. The van der Waals surface area contributed by atoms with E-state index in [1.165, 1.54) is 23.9 Å². The molecule has 0 radical (unpaired) electrons. The molecule has 1 N–H and O–H groups in total. The first kappa shape index (κ1) is 19.9. The van der Waals surface area contributed by atoms with Gasteiger partial charge >= 0.3 is 0 Å². The van der Waals surface area contributed by atoms with Crippen molar-refractivity contribution in [3.63, 3.8) is 0 Å². The molecule has 2 unspecified atom stereocenters. The summed E-state index contributed by atoms with van der Waals surface area (Å²) < 4.78 is 25.5. The molecule has 3 aromatic rings. The summed E-state index contributed by atoms with van der Waals surface area (Å²) >= 11 is 1.26. The molecule has 0 bridgehead atoms. The van der Waals surface area contributed by atoms with Crippen LogP contribution in [0, 0.1) is 12.7 Å². The van der Waals surface area contributed by atoms with Crippen LogP contribution in [0.15, 0.2) is 40.0 Å². The molecule has 0 fully saturated rings. The lowest BCUT2D eigenvalue weighted by molar-refractivity contribution is -0.115. The summed E-state index contributed by atoms with van der Waals surface area (Å²) in [5, 5.41) is 14.9. The first-order valence-electron chi connectivity index (χ1n) is 8.56. The number of anilines is 1. The summed E-state index contributed by atoms with van der Waals surface area (Å²) in [6.45, 7) is 5.34. The predicted molar refractivity (Wildman–Crippen MR) is 102 cm³/mol. The average molecular weight is 405 g/mol. The number of benzene rings is 1. The maximum Gasteiger partial charge on any atom is 0.238 e. The molecule has 0 aliphatic rings. The number of ether oxygens (including phenoxy) is 1. The van der Waals surface area contributed by atoms with Crippen molar-refractivity contribution in [2.75, 3.05) is 5.32 Å². The minimum Gasteiger partial charge on any atom is -0.483 e. The Bertz CT molecular complexity index is 957. The van der Waals surface area contributed by atoms with Crippen LogP contribution in [-0.2, 0) is 11.8 Å². The highest BCUT2D eigenvalue weighted by atomic mass is 32.2. The molecule has 3 rings (SSSR count). The summed E-state index contributed by atoms with van der Waals surface area (Å²) in [6, 6.07) is 7.41. The van der Waals surface area contributed by atoms with Crippen molar-refractivity contribution in [1.29, 1.82) is 0 Å². The van der Waals surface area contributed by atoms with E-state index in [1.807, 2.05) is 6.92 Å². The first-order chi connectivity index (χ1) is 13.3. The zero-order valence-electron chi connectivity index (χ0n) is 15.8. The monoisotopic (exact) mass is 405 g/mol. The van der Waals surface area contributed by atoms with Crippen molar-refractivity contribution in [1.82, 2.24) is 19.9 Å². The maximum atomic E-state index is 13.0. The number of carbonyl (C=O) groups excluding carboxylic acids is 1. The van der Waals surface area contributed by atoms with Gasteiger partial charge in [0, 0.05) is 13.1 Å². The van der Waals surface area contributed by atoms with Crippen LogP contribution in [0.1, 0.15) is 31.5 Å². The Balaban J connectivity index is 1.63. The third-order valence-corrected chi connectivity index (χ3v) is 5.02. The van der Waals surface area contributed by atoms with Crippen LogP contribution >= 0.6 is 11.8 Å². The van der Waals surface area contributed by atoms with Gasteiger partial charge in [0.25, 0.3) is 0 Å². The fourth-order valence-corrected chi connectivity index (χ4v) is 3.24. The van der Waals surface area contributed by atoms with Crippen molar-refractivity contribution in [3.8, 4) is 5.75 Å². The van der Waals surface area contributed by atoms with Crippen molar-refractivity contribution in [2.45, 2.75) is 37.3 Å². The molecule has 1 aromatic carbocycles. The molecule has 0 saturated heterocycles. The largest absolute Gasteiger partial charge is 0.483 e. The number of amides is 1. The van der Waals surface area contributed by atoms with Gasteiger partial charge in [-0.15, -0.1) is 10.2 Å². The Labute approximate surface area is 165 Å². The Hall–Kier alpha value is -2.88. The molecule has 10 heteroatoms. The van der Waals surface area contributed by atoms with E-state index >= 15 is 0 Å². The summed E-state index contributed by atoms with van der Waals surface area (Å²) in [5.74, 6) is 1.55. The number of thioether (sulfide) groups is 1. The number of carbonyl (C=O) groups is 1. The van der Waals surface area contributed by atoms with Gasteiger partial charge in [0.05, 0.1) is 5.25 Å². The third-order valence-electron chi connectivity index (χ3n) is 3.89. The highest BCUT2D eigenvalue weighted by Gasteiger charge is 2.22. The van der Waals surface area contributed by atoms with Crippen molar-refractivity contribution in [2.24, 2.45) is 7.05 Å². The molecule has 148 valence electrons. The highest BCUT2D eigenvalue weighted by molar-refractivity contribution is 8.00. The van der Waals surface area contributed by atoms with Gasteiger partial charge in [0.15, 0.2) is 22.9 Å². The van der Waals surface area contributed by atoms with E-state index in [0.29, 0.717) is 28.3 Å². The topological polar surface area (TPSA) is 95.1 Å². The van der Waals surface area contributed by atoms with Crippen LogP contribution in [0.25, 0.3) is 0 Å². The van der Waals surface area contributed by atoms with Crippen molar-refractivity contribution >= 4 is 23.5 Å². The maximum absolute atomic E-state index is 13.0. The normalized spacial score (nSPS) is 13.2. The summed E-state index contributed by atoms with van der Waals surface area (Å²) in [6.07, 6.45) is -0.403. The smallest absolute Gasteiger partial charge is 0.238 e. The standard InChI is InChI=1S/C18H20FN5O3S/c1-10-9-15(23-27-10)20-17(25)12(3)28-18-22-21-16(24(18)4)11(2)26-14-7-5-13(19)6-8-14/h5-9,11-12H,1-4H3,(H,20,23,25). The highest BCUT2D eigenvalue weighted by Crippen LogP contribution is 2.26. The minimum absolute atomic E-state index is 0.224. The lowest BCUT2D eigenvalue weighted by Crippen LogP contribution is -2.23. The molecule has 2 aromatic heterocycles. The number of nitrogens with one attached hydrogen (secondary N) is 1. The molecule has 28 heavy (non-hydrogen) atoms. The Kier molecular flexibility index (Phi) is 5.98. The van der Waals surface area contributed by atoms with Gasteiger partial charge in [0.1, 0.15) is 17.3 Å². The molecular weight excluding hydrogens is 385 g/mol. The second-order valence-electron chi connectivity index (χ2n) is 6.19. The summed E-state index contributed by atoms with van der Waals surface area (Å²) in [5.41, 5.74) is 0. The summed E-state index contributed by atoms with van der Waals surface area (Å²) in [4.78, 5) is 12.3. The van der Waals surface area contributed by atoms with E-state index in [1.54, 1.807) is 43.7 Å². The lowest BCUT2D eigenvalue weighted by atomic mass is 10.3. The van der Waals surface area contributed by atoms with Gasteiger partial charge < -0.3 is 19.1 Å². The molecule has 8 nitrogen and oxygen atoms in total. The molecule has 0 aliphatic carbocycles. The molecule has 2 heterocycles. The second kappa shape index (κ2) is 8.42. The summed E-state index contributed by atoms with van der Waals surface area (Å²) in [7, 11) is 1.80. The quantitative estimate of drug-likeness (QED) is 0.601. The van der Waals surface area contributed by atoms with E-state index in [4.69, 9.17) is 9.26 Å². The number of halogens is 1. The fourth-order valence-electron chi connectivity index (χ4n) is 2.42.